The average molecular weight is 294 g/mol. The second-order valence-electron chi connectivity index (χ2n) is 4.69. The van der Waals surface area contributed by atoms with Gasteiger partial charge in [0.15, 0.2) is 5.84 Å². The smallest absolute Gasteiger partial charge is 0.272 e. The molecule has 3 N–H and O–H groups in total. The molecule has 2 heterocycles. The molecule has 1 fully saturated rings. The number of aromatic nitrogens is 1. The van der Waals surface area contributed by atoms with Gasteiger partial charge in [-0.3, -0.25) is 9.78 Å². The molecule has 1 aliphatic heterocycles. The summed E-state index contributed by atoms with van der Waals surface area (Å²) in [6, 6.07) is 5.29. The van der Waals surface area contributed by atoms with Crippen molar-refractivity contribution in [2.24, 2.45) is 10.9 Å². The van der Waals surface area contributed by atoms with Gasteiger partial charge in [0.2, 0.25) is 0 Å². The van der Waals surface area contributed by atoms with Crippen molar-refractivity contribution in [2.75, 3.05) is 19.3 Å². The number of amidine groups is 1. The highest BCUT2D eigenvalue weighted by atomic mass is 32.2. The molecule has 1 saturated heterocycles. The van der Waals surface area contributed by atoms with Crippen LogP contribution in [0.15, 0.2) is 29.6 Å². The largest absolute Gasteiger partial charge is 0.409 e. The van der Waals surface area contributed by atoms with E-state index in [2.05, 4.69) is 10.1 Å². The van der Waals surface area contributed by atoms with E-state index in [1.165, 1.54) is 0 Å². The predicted octanol–water partition coefficient (Wildman–Crippen LogP) is 1.17. The number of carbonyl (C=O) groups is 1. The molecular weight excluding hydrogens is 276 g/mol. The van der Waals surface area contributed by atoms with Gasteiger partial charge in [0.1, 0.15) is 5.69 Å². The van der Waals surface area contributed by atoms with Gasteiger partial charge in [-0.05, 0) is 31.2 Å². The molecule has 0 atom stereocenters. The van der Waals surface area contributed by atoms with Crippen molar-refractivity contribution in [1.29, 1.82) is 0 Å². The summed E-state index contributed by atoms with van der Waals surface area (Å²) in [4.78, 5) is 18.1. The summed E-state index contributed by atoms with van der Waals surface area (Å²) in [7, 11) is 0. The van der Waals surface area contributed by atoms with Crippen LogP contribution in [0.5, 0.6) is 0 Å². The van der Waals surface area contributed by atoms with Gasteiger partial charge in [0.25, 0.3) is 5.91 Å². The van der Waals surface area contributed by atoms with Gasteiger partial charge in [0, 0.05) is 19.3 Å². The maximum absolute atomic E-state index is 12.3. The lowest BCUT2D eigenvalue weighted by atomic mass is 9.94. The van der Waals surface area contributed by atoms with Crippen molar-refractivity contribution in [3.8, 4) is 0 Å². The van der Waals surface area contributed by atoms with Gasteiger partial charge in [-0.1, -0.05) is 11.2 Å². The van der Waals surface area contributed by atoms with Crippen LogP contribution in [-0.2, 0) is 0 Å². The molecule has 2 rings (SSSR count). The fraction of sp³-hybridized carbons (Fsp3) is 0.462. The molecule has 1 aromatic rings. The maximum atomic E-state index is 12.3. The number of piperidine rings is 1. The zero-order valence-electron chi connectivity index (χ0n) is 11.3. The summed E-state index contributed by atoms with van der Waals surface area (Å²) >= 11 is 1.57. The number of nitrogens with zero attached hydrogens (tertiary/aromatic N) is 3. The van der Waals surface area contributed by atoms with E-state index in [4.69, 9.17) is 10.9 Å². The van der Waals surface area contributed by atoms with E-state index >= 15 is 0 Å². The van der Waals surface area contributed by atoms with E-state index in [0.717, 1.165) is 0 Å². The molecule has 0 aromatic carbocycles. The zero-order valence-corrected chi connectivity index (χ0v) is 12.1. The molecule has 0 saturated carbocycles. The molecule has 1 aromatic heterocycles. The van der Waals surface area contributed by atoms with Crippen molar-refractivity contribution >= 4 is 23.5 Å². The van der Waals surface area contributed by atoms with Crippen molar-refractivity contribution < 1.29 is 10.0 Å². The minimum atomic E-state index is -0.379. The highest BCUT2D eigenvalue weighted by molar-refractivity contribution is 8.00. The molecule has 1 amide bonds. The van der Waals surface area contributed by atoms with E-state index in [-0.39, 0.29) is 16.5 Å². The first kappa shape index (κ1) is 14.6. The SMILES string of the molecule is CSC1(C(N)=NO)CCN(C(=O)c2ccccn2)CC1. The van der Waals surface area contributed by atoms with Crippen LogP contribution in [0.25, 0.3) is 0 Å². The molecular formula is C13H18N4O2S. The summed E-state index contributed by atoms with van der Waals surface area (Å²) in [5.41, 5.74) is 6.24. The Hall–Kier alpha value is -1.76. The second kappa shape index (κ2) is 6.13. The Morgan fingerprint density at radius 3 is 2.70 bits per heavy atom. The maximum Gasteiger partial charge on any atom is 0.272 e. The van der Waals surface area contributed by atoms with Crippen molar-refractivity contribution in [1.82, 2.24) is 9.88 Å². The summed E-state index contributed by atoms with van der Waals surface area (Å²) in [6.45, 7) is 1.15. The van der Waals surface area contributed by atoms with Crippen LogP contribution in [0, 0.1) is 0 Å². The Morgan fingerprint density at radius 2 is 2.20 bits per heavy atom. The second-order valence-corrected chi connectivity index (χ2v) is 5.88. The van der Waals surface area contributed by atoms with Crippen molar-refractivity contribution in [2.45, 2.75) is 17.6 Å². The topological polar surface area (TPSA) is 91.8 Å². The highest BCUT2D eigenvalue weighted by Gasteiger charge is 2.39. The van der Waals surface area contributed by atoms with Gasteiger partial charge < -0.3 is 15.8 Å². The number of oxime groups is 1. The van der Waals surface area contributed by atoms with Crippen LogP contribution < -0.4 is 5.73 Å². The molecule has 0 spiro atoms. The number of nitrogens with two attached hydrogens (primary N) is 1. The third-order valence-electron chi connectivity index (χ3n) is 3.71. The van der Waals surface area contributed by atoms with Gasteiger partial charge in [0.05, 0.1) is 4.75 Å². The third kappa shape index (κ3) is 2.72. The lowest BCUT2D eigenvalue weighted by Gasteiger charge is -2.39. The summed E-state index contributed by atoms with van der Waals surface area (Å²) in [6.07, 6.45) is 4.89. The quantitative estimate of drug-likeness (QED) is 0.378. The molecule has 7 heteroatoms. The number of pyridine rings is 1. The van der Waals surface area contributed by atoms with Crippen molar-refractivity contribution in [3.05, 3.63) is 30.1 Å². The Morgan fingerprint density at radius 1 is 1.50 bits per heavy atom. The number of amides is 1. The van der Waals surface area contributed by atoms with Crippen LogP contribution in [0.3, 0.4) is 0 Å². The predicted molar refractivity (Wildman–Crippen MR) is 79.0 cm³/mol. The first-order valence-corrected chi connectivity index (χ1v) is 7.59. The van der Waals surface area contributed by atoms with E-state index in [0.29, 0.717) is 31.6 Å². The van der Waals surface area contributed by atoms with Crippen LogP contribution in [-0.4, -0.2) is 50.9 Å². The summed E-state index contributed by atoms with van der Waals surface area (Å²) in [5, 5.41) is 12.0. The van der Waals surface area contributed by atoms with Gasteiger partial charge in [-0.25, -0.2) is 0 Å². The normalized spacial score (nSPS) is 18.9. The van der Waals surface area contributed by atoms with E-state index in [9.17, 15) is 4.79 Å². The minimum Gasteiger partial charge on any atom is -0.409 e. The number of hydrogen-bond acceptors (Lipinski definition) is 5. The molecule has 20 heavy (non-hydrogen) atoms. The Balaban J connectivity index is 2.06. The van der Waals surface area contributed by atoms with E-state index in [1.807, 2.05) is 6.26 Å². The number of carbonyl (C=O) groups excluding carboxylic acids is 1. The molecule has 0 radical (unpaired) electrons. The first-order valence-electron chi connectivity index (χ1n) is 6.36. The van der Waals surface area contributed by atoms with Gasteiger partial charge >= 0.3 is 0 Å². The van der Waals surface area contributed by atoms with Crippen LogP contribution in [0.4, 0.5) is 0 Å². The fourth-order valence-corrected chi connectivity index (χ4v) is 3.22. The van der Waals surface area contributed by atoms with E-state index < -0.39 is 0 Å². The minimum absolute atomic E-state index is 0.0696. The molecule has 0 aliphatic carbocycles. The van der Waals surface area contributed by atoms with Crippen LogP contribution in [0.2, 0.25) is 0 Å². The Labute approximate surface area is 122 Å². The van der Waals surface area contributed by atoms with Gasteiger partial charge in [-0.15, -0.1) is 0 Å². The first-order chi connectivity index (χ1) is 9.63. The Kier molecular flexibility index (Phi) is 4.49. The molecule has 108 valence electrons. The average Bonchev–Trinajstić information content (AvgIpc) is 2.54. The molecule has 0 bridgehead atoms. The molecule has 6 nitrogen and oxygen atoms in total. The lowest BCUT2D eigenvalue weighted by molar-refractivity contribution is 0.0712. The van der Waals surface area contributed by atoms with E-state index in [1.54, 1.807) is 41.1 Å². The fourth-order valence-electron chi connectivity index (χ4n) is 2.38. The van der Waals surface area contributed by atoms with Crippen LogP contribution >= 0.6 is 11.8 Å². The number of thioether (sulfide) groups is 1. The number of rotatable bonds is 3. The summed E-state index contributed by atoms with van der Waals surface area (Å²) in [5.74, 6) is 0.162. The lowest BCUT2D eigenvalue weighted by Crippen LogP contribution is -2.51. The summed E-state index contributed by atoms with van der Waals surface area (Å²) < 4.78 is -0.379. The van der Waals surface area contributed by atoms with Gasteiger partial charge in [-0.2, -0.15) is 11.8 Å². The standard InChI is InChI=1S/C13H18N4O2S/c1-20-13(12(14)16-19)5-8-17(9-6-13)11(18)10-4-2-3-7-15-10/h2-4,7,19H,5-6,8-9H2,1H3,(H2,14,16). The molecule has 1 aliphatic rings. The Bertz CT molecular complexity index is 498. The number of likely N-dealkylation sites (tertiary alicyclic amines) is 1. The zero-order chi connectivity index (χ0) is 14.6. The van der Waals surface area contributed by atoms with Crippen LogP contribution in [0.1, 0.15) is 23.3 Å². The molecule has 0 unspecified atom stereocenters. The third-order valence-corrected chi connectivity index (χ3v) is 5.11. The monoisotopic (exact) mass is 294 g/mol. The highest BCUT2D eigenvalue weighted by Crippen LogP contribution is 2.35. The number of hydrogen-bond donors (Lipinski definition) is 2. The van der Waals surface area contributed by atoms with Crippen molar-refractivity contribution in [3.63, 3.8) is 0 Å².